The second-order valence-electron chi connectivity index (χ2n) is 3.65. The Morgan fingerprint density at radius 3 is 2.87 bits per heavy atom. The SMILES string of the molecule is Cc1nccc(N(C)CC(C)C(N)=S)n1. The average Bonchev–Trinajstić information content (AvgIpc) is 2.17. The molecule has 0 radical (unpaired) electrons. The molecule has 1 unspecified atom stereocenters. The molecule has 0 fully saturated rings. The zero-order chi connectivity index (χ0) is 11.4. The van der Waals surface area contributed by atoms with Gasteiger partial charge in [0.25, 0.3) is 0 Å². The van der Waals surface area contributed by atoms with Crippen LogP contribution in [-0.2, 0) is 0 Å². The molecule has 2 N–H and O–H groups in total. The number of anilines is 1. The fourth-order valence-electron chi connectivity index (χ4n) is 1.25. The Hall–Kier alpha value is -1.23. The number of aryl methyl sites for hydroxylation is 1. The Kier molecular flexibility index (Phi) is 3.96. The number of aromatic nitrogens is 2. The maximum Gasteiger partial charge on any atom is 0.131 e. The molecule has 82 valence electrons. The summed E-state index contributed by atoms with van der Waals surface area (Å²) in [7, 11) is 1.97. The van der Waals surface area contributed by atoms with E-state index < -0.39 is 0 Å². The first-order chi connectivity index (χ1) is 7.00. The first kappa shape index (κ1) is 11.8. The van der Waals surface area contributed by atoms with Crippen LogP contribution in [0.15, 0.2) is 12.3 Å². The van der Waals surface area contributed by atoms with E-state index in [2.05, 4.69) is 9.97 Å². The van der Waals surface area contributed by atoms with E-state index in [1.165, 1.54) is 0 Å². The predicted octanol–water partition coefficient (Wildman–Crippen LogP) is 1.14. The van der Waals surface area contributed by atoms with Gasteiger partial charge >= 0.3 is 0 Å². The number of rotatable bonds is 4. The standard InChI is InChI=1S/C10H16N4S/c1-7(10(11)15)6-14(3)9-4-5-12-8(2)13-9/h4-5,7H,6H2,1-3H3,(H2,11,15). The van der Waals surface area contributed by atoms with Crippen LogP contribution in [0.4, 0.5) is 5.82 Å². The Morgan fingerprint density at radius 1 is 1.67 bits per heavy atom. The summed E-state index contributed by atoms with van der Waals surface area (Å²) in [4.78, 5) is 10.9. The minimum Gasteiger partial charge on any atom is -0.393 e. The maximum atomic E-state index is 5.56. The van der Waals surface area contributed by atoms with Gasteiger partial charge in [-0.2, -0.15) is 0 Å². The van der Waals surface area contributed by atoms with Crippen molar-refractivity contribution in [2.75, 3.05) is 18.5 Å². The average molecular weight is 224 g/mol. The van der Waals surface area contributed by atoms with Gasteiger partial charge in [0.1, 0.15) is 11.6 Å². The van der Waals surface area contributed by atoms with E-state index in [0.29, 0.717) is 4.99 Å². The van der Waals surface area contributed by atoms with Crippen molar-refractivity contribution < 1.29 is 0 Å². The lowest BCUT2D eigenvalue weighted by Crippen LogP contribution is -2.31. The molecule has 1 aromatic heterocycles. The van der Waals surface area contributed by atoms with Crippen molar-refractivity contribution in [2.45, 2.75) is 13.8 Å². The normalized spacial score (nSPS) is 12.2. The molecule has 0 aromatic carbocycles. The van der Waals surface area contributed by atoms with Crippen LogP contribution in [0.25, 0.3) is 0 Å². The lowest BCUT2D eigenvalue weighted by Gasteiger charge is -2.21. The first-order valence-corrected chi connectivity index (χ1v) is 5.21. The Morgan fingerprint density at radius 2 is 2.33 bits per heavy atom. The quantitative estimate of drug-likeness (QED) is 0.777. The minimum absolute atomic E-state index is 0.181. The van der Waals surface area contributed by atoms with Crippen LogP contribution in [-0.4, -0.2) is 28.5 Å². The van der Waals surface area contributed by atoms with Crippen molar-refractivity contribution in [2.24, 2.45) is 11.7 Å². The summed E-state index contributed by atoms with van der Waals surface area (Å²) in [6, 6.07) is 1.87. The van der Waals surface area contributed by atoms with Crippen molar-refractivity contribution >= 4 is 23.0 Å². The second kappa shape index (κ2) is 5.02. The van der Waals surface area contributed by atoms with Crippen LogP contribution < -0.4 is 10.6 Å². The highest BCUT2D eigenvalue weighted by Crippen LogP contribution is 2.09. The van der Waals surface area contributed by atoms with E-state index in [0.717, 1.165) is 18.2 Å². The molecule has 0 saturated carbocycles. The molecule has 15 heavy (non-hydrogen) atoms. The molecular weight excluding hydrogens is 208 g/mol. The largest absolute Gasteiger partial charge is 0.393 e. The van der Waals surface area contributed by atoms with E-state index in [1.54, 1.807) is 6.20 Å². The van der Waals surface area contributed by atoms with Crippen LogP contribution in [0, 0.1) is 12.8 Å². The monoisotopic (exact) mass is 224 g/mol. The summed E-state index contributed by atoms with van der Waals surface area (Å²) < 4.78 is 0. The van der Waals surface area contributed by atoms with Crippen LogP contribution in [0.2, 0.25) is 0 Å². The highest BCUT2D eigenvalue weighted by atomic mass is 32.1. The third-order valence-electron chi connectivity index (χ3n) is 2.19. The van der Waals surface area contributed by atoms with Gasteiger partial charge in [0.15, 0.2) is 0 Å². The molecule has 5 heteroatoms. The summed E-state index contributed by atoms with van der Waals surface area (Å²) in [5.74, 6) is 1.84. The Balaban J connectivity index is 2.68. The van der Waals surface area contributed by atoms with E-state index in [1.807, 2.05) is 31.9 Å². The van der Waals surface area contributed by atoms with Crippen LogP contribution in [0.3, 0.4) is 0 Å². The molecule has 0 amide bonds. The van der Waals surface area contributed by atoms with Crippen molar-refractivity contribution in [1.82, 2.24) is 9.97 Å². The van der Waals surface area contributed by atoms with E-state index >= 15 is 0 Å². The number of nitrogens with two attached hydrogens (primary N) is 1. The fourth-order valence-corrected chi connectivity index (χ4v) is 1.33. The summed E-state index contributed by atoms with van der Waals surface area (Å²) in [5.41, 5.74) is 5.56. The zero-order valence-electron chi connectivity index (χ0n) is 9.27. The number of hydrogen-bond acceptors (Lipinski definition) is 4. The number of thiocarbonyl (C=S) groups is 1. The molecule has 0 aliphatic heterocycles. The van der Waals surface area contributed by atoms with Crippen molar-refractivity contribution in [3.63, 3.8) is 0 Å². The molecule has 4 nitrogen and oxygen atoms in total. The van der Waals surface area contributed by atoms with Crippen molar-refractivity contribution in [3.05, 3.63) is 18.1 Å². The van der Waals surface area contributed by atoms with Gasteiger partial charge in [-0.05, 0) is 13.0 Å². The Bertz CT molecular complexity index is 353. The molecule has 1 atom stereocenters. The molecule has 0 saturated heterocycles. The minimum atomic E-state index is 0.181. The van der Waals surface area contributed by atoms with Crippen molar-refractivity contribution in [3.8, 4) is 0 Å². The first-order valence-electron chi connectivity index (χ1n) is 4.81. The van der Waals surface area contributed by atoms with Gasteiger partial charge in [-0.1, -0.05) is 19.1 Å². The van der Waals surface area contributed by atoms with E-state index in [4.69, 9.17) is 18.0 Å². The number of hydrogen-bond donors (Lipinski definition) is 1. The summed E-state index contributed by atoms with van der Waals surface area (Å²) in [5, 5.41) is 0. The van der Waals surface area contributed by atoms with E-state index in [9.17, 15) is 0 Å². The number of nitrogens with zero attached hydrogens (tertiary/aromatic N) is 3. The molecule has 1 heterocycles. The lowest BCUT2D eigenvalue weighted by atomic mass is 10.2. The van der Waals surface area contributed by atoms with Gasteiger partial charge in [0, 0.05) is 25.7 Å². The Labute approximate surface area is 95.5 Å². The smallest absolute Gasteiger partial charge is 0.131 e. The summed E-state index contributed by atoms with van der Waals surface area (Å²) in [6.07, 6.45) is 1.75. The van der Waals surface area contributed by atoms with Crippen LogP contribution in [0.1, 0.15) is 12.7 Å². The van der Waals surface area contributed by atoms with Gasteiger partial charge in [-0.15, -0.1) is 0 Å². The third kappa shape index (κ3) is 3.43. The molecule has 1 aromatic rings. The molecular formula is C10H16N4S. The third-order valence-corrected chi connectivity index (χ3v) is 2.59. The van der Waals surface area contributed by atoms with Gasteiger partial charge in [-0.3, -0.25) is 0 Å². The zero-order valence-corrected chi connectivity index (χ0v) is 10.1. The summed E-state index contributed by atoms with van der Waals surface area (Å²) in [6.45, 7) is 4.65. The predicted molar refractivity (Wildman–Crippen MR) is 66.0 cm³/mol. The van der Waals surface area contributed by atoms with Crippen molar-refractivity contribution in [1.29, 1.82) is 0 Å². The van der Waals surface area contributed by atoms with Crippen LogP contribution in [0.5, 0.6) is 0 Å². The van der Waals surface area contributed by atoms with E-state index in [-0.39, 0.29) is 5.92 Å². The summed E-state index contributed by atoms with van der Waals surface area (Å²) >= 11 is 4.93. The molecule has 0 bridgehead atoms. The van der Waals surface area contributed by atoms with Crippen LogP contribution >= 0.6 is 12.2 Å². The fraction of sp³-hybridized carbons (Fsp3) is 0.500. The topological polar surface area (TPSA) is 55.0 Å². The highest BCUT2D eigenvalue weighted by molar-refractivity contribution is 7.80. The molecule has 0 aliphatic rings. The maximum absolute atomic E-state index is 5.56. The van der Waals surface area contributed by atoms with Gasteiger partial charge in [0.2, 0.25) is 0 Å². The lowest BCUT2D eigenvalue weighted by molar-refractivity contribution is 0.732. The van der Waals surface area contributed by atoms with Gasteiger partial charge in [-0.25, -0.2) is 9.97 Å². The van der Waals surface area contributed by atoms with Gasteiger partial charge in [0.05, 0.1) is 4.99 Å². The molecule has 0 spiro atoms. The second-order valence-corrected chi connectivity index (χ2v) is 4.12. The highest BCUT2D eigenvalue weighted by Gasteiger charge is 2.10. The molecule has 1 rings (SSSR count). The molecule has 0 aliphatic carbocycles. The van der Waals surface area contributed by atoms with Gasteiger partial charge < -0.3 is 10.6 Å².